The Kier molecular flexibility index (Phi) is 14.0. The van der Waals surface area contributed by atoms with Gasteiger partial charge in [-0.25, -0.2) is 0 Å². The number of rotatable bonds is 11. The molecule has 1 atom stereocenters. The van der Waals surface area contributed by atoms with Crippen LogP contribution in [0.1, 0.15) is 35.2 Å². The summed E-state index contributed by atoms with van der Waals surface area (Å²) in [6.45, 7) is 3.88. The second-order valence-corrected chi connectivity index (χ2v) is 7.68. The first-order chi connectivity index (χ1) is 16.6. The number of benzene rings is 1. The van der Waals surface area contributed by atoms with Gasteiger partial charge in [0.05, 0.1) is 58.9 Å². The van der Waals surface area contributed by atoms with E-state index in [1.807, 2.05) is 6.07 Å². The summed E-state index contributed by atoms with van der Waals surface area (Å²) in [6, 6.07) is 6.11. The lowest BCUT2D eigenvalue weighted by Crippen LogP contribution is -2.48. The molecule has 1 aromatic rings. The van der Waals surface area contributed by atoms with Crippen molar-refractivity contribution in [2.45, 2.75) is 31.9 Å². The molecule has 2 rings (SSSR count). The van der Waals surface area contributed by atoms with Crippen LogP contribution in [0, 0.1) is 0 Å². The third-order valence-electron chi connectivity index (χ3n) is 5.10. The number of Topliss-reactive ketones (excluding diaryl/α,β-unsaturated/α-hetero) is 1. The van der Waals surface area contributed by atoms with Crippen molar-refractivity contribution in [2.75, 3.05) is 66.5 Å². The van der Waals surface area contributed by atoms with E-state index in [-0.39, 0.29) is 19.8 Å². The highest BCUT2D eigenvalue weighted by Crippen LogP contribution is 2.12. The van der Waals surface area contributed by atoms with E-state index in [9.17, 15) is 14.4 Å². The van der Waals surface area contributed by atoms with Crippen molar-refractivity contribution < 1.29 is 38.1 Å². The second kappa shape index (κ2) is 17.1. The lowest BCUT2D eigenvalue weighted by molar-refractivity contribution is -0.139. The molecule has 0 radical (unpaired) electrons. The average molecular weight is 481 g/mol. The Bertz CT molecular complexity index is 758. The van der Waals surface area contributed by atoms with Crippen molar-refractivity contribution in [3.05, 3.63) is 35.4 Å². The quantitative estimate of drug-likeness (QED) is 0.354. The normalized spacial score (nSPS) is 17.8. The Morgan fingerprint density at radius 2 is 1.74 bits per heavy atom. The van der Waals surface area contributed by atoms with Crippen molar-refractivity contribution in [1.29, 1.82) is 0 Å². The molecule has 0 spiro atoms. The minimum Gasteiger partial charge on any atom is -0.382 e. The molecular formula is C24H36N2O8. The lowest BCUT2D eigenvalue weighted by Gasteiger charge is -2.19. The van der Waals surface area contributed by atoms with Gasteiger partial charge < -0.3 is 34.3 Å². The minimum atomic E-state index is -0.931. The summed E-state index contributed by atoms with van der Waals surface area (Å²) in [5, 5.41) is 5.30. The van der Waals surface area contributed by atoms with Gasteiger partial charge in [0, 0.05) is 25.8 Å². The summed E-state index contributed by atoms with van der Waals surface area (Å²) in [6.07, 6.45) is 1.67. The summed E-state index contributed by atoms with van der Waals surface area (Å²) in [7, 11) is 1.60. The number of amides is 2. The summed E-state index contributed by atoms with van der Waals surface area (Å²) in [5.41, 5.74) is 1.12. The Morgan fingerprint density at radius 3 is 2.56 bits per heavy atom. The first-order valence-corrected chi connectivity index (χ1v) is 11.6. The van der Waals surface area contributed by atoms with E-state index >= 15 is 0 Å². The van der Waals surface area contributed by atoms with Gasteiger partial charge in [0.15, 0.2) is 0 Å². The molecule has 0 saturated carbocycles. The summed E-state index contributed by atoms with van der Waals surface area (Å²) < 4.78 is 26.7. The molecule has 1 aliphatic heterocycles. The van der Waals surface area contributed by atoms with E-state index in [1.54, 1.807) is 25.3 Å². The van der Waals surface area contributed by atoms with E-state index in [1.165, 1.54) is 0 Å². The summed E-state index contributed by atoms with van der Waals surface area (Å²) in [5.74, 6) is -1.84. The van der Waals surface area contributed by atoms with Gasteiger partial charge in [-0.1, -0.05) is 18.2 Å². The van der Waals surface area contributed by atoms with Crippen LogP contribution in [0.4, 0.5) is 0 Å². The fourth-order valence-corrected chi connectivity index (χ4v) is 3.27. The van der Waals surface area contributed by atoms with Crippen molar-refractivity contribution in [3.63, 3.8) is 0 Å². The SMILES string of the molecule is COCCOCCOCCNC(=O)C(=O)C1CCCCOCCOCc2ccccc2C(=O)N1. The third-order valence-corrected chi connectivity index (χ3v) is 5.10. The molecule has 0 aliphatic carbocycles. The average Bonchev–Trinajstić information content (AvgIpc) is 2.85. The van der Waals surface area contributed by atoms with Crippen molar-refractivity contribution in [1.82, 2.24) is 10.6 Å². The highest BCUT2D eigenvalue weighted by Gasteiger charge is 2.27. The van der Waals surface area contributed by atoms with Gasteiger partial charge in [-0.05, 0) is 30.9 Å². The van der Waals surface area contributed by atoms with Crippen molar-refractivity contribution in [2.24, 2.45) is 0 Å². The van der Waals surface area contributed by atoms with Gasteiger partial charge in [0.2, 0.25) is 5.78 Å². The highest BCUT2D eigenvalue weighted by atomic mass is 16.5. The Labute approximate surface area is 200 Å². The second-order valence-electron chi connectivity index (χ2n) is 7.68. The molecule has 10 nitrogen and oxygen atoms in total. The van der Waals surface area contributed by atoms with Gasteiger partial charge >= 0.3 is 0 Å². The largest absolute Gasteiger partial charge is 0.382 e. The van der Waals surface area contributed by atoms with Crippen LogP contribution in [0.3, 0.4) is 0 Å². The maximum absolute atomic E-state index is 12.9. The molecule has 0 fully saturated rings. The number of methoxy groups -OCH3 is 1. The molecule has 1 unspecified atom stereocenters. The zero-order valence-corrected chi connectivity index (χ0v) is 19.8. The molecule has 10 heteroatoms. The van der Waals surface area contributed by atoms with Crippen LogP contribution in [0.5, 0.6) is 0 Å². The Morgan fingerprint density at radius 1 is 1.00 bits per heavy atom. The summed E-state index contributed by atoms with van der Waals surface area (Å²) in [4.78, 5) is 38.2. The first kappa shape index (κ1) is 27.9. The topological polar surface area (TPSA) is 121 Å². The number of ketones is 1. The van der Waals surface area contributed by atoms with Gasteiger partial charge in [-0.2, -0.15) is 0 Å². The van der Waals surface area contributed by atoms with Crippen molar-refractivity contribution in [3.8, 4) is 0 Å². The predicted octanol–water partition coefficient (Wildman–Crippen LogP) is 0.867. The number of carbonyl (C=O) groups is 3. The molecular weight excluding hydrogens is 444 g/mol. The summed E-state index contributed by atoms with van der Waals surface area (Å²) >= 11 is 0. The molecule has 0 saturated heterocycles. The van der Waals surface area contributed by atoms with E-state index in [4.69, 9.17) is 23.7 Å². The molecule has 1 aliphatic rings. The maximum Gasteiger partial charge on any atom is 0.289 e. The number of nitrogens with one attached hydrogen (secondary N) is 2. The predicted molar refractivity (Wildman–Crippen MR) is 124 cm³/mol. The fraction of sp³-hybridized carbons (Fsp3) is 0.625. The number of fused-ring (bicyclic) bond motifs is 1. The number of ether oxygens (including phenoxy) is 5. The highest BCUT2D eigenvalue weighted by molar-refractivity contribution is 6.38. The Hall–Kier alpha value is -2.37. The number of hydrogen-bond acceptors (Lipinski definition) is 8. The molecule has 2 N–H and O–H groups in total. The van der Waals surface area contributed by atoms with Gasteiger partial charge in [0.1, 0.15) is 0 Å². The number of hydrogen-bond donors (Lipinski definition) is 2. The molecule has 0 bridgehead atoms. The van der Waals surface area contributed by atoms with Crippen molar-refractivity contribution >= 4 is 17.6 Å². The van der Waals surface area contributed by atoms with Crippen LogP contribution in [0.2, 0.25) is 0 Å². The van der Waals surface area contributed by atoms with Crippen LogP contribution < -0.4 is 10.6 Å². The van der Waals surface area contributed by atoms with Crippen LogP contribution in [-0.4, -0.2) is 90.1 Å². The molecule has 2 amide bonds. The molecule has 34 heavy (non-hydrogen) atoms. The number of carbonyl (C=O) groups excluding carboxylic acids is 3. The van der Waals surface area contributed by atoms with E-state index in [0.717, 1.165) is 0 Å². The van der Waals surface area contributed by atoms with Crippen LogP contribution >= 0.6 is 0 Å². The molecule has 190 valence electrons. The molecule has 1 heterocycles. The lowest BCUT2D eigenvalue weighted by atomic mass is 10.0. The maximum atomic E-state index is 12.9. The zero-order valence-electron chi connectivity index (χ0n) is 19.8. The zero-order chi connectivity index (χ0) is 24.4. The molecule has 1 aromatic carbocycles. The minimum absolute atomic E-state index is 0.178. The van der Waals surface area contributed by atoms with Crippen LogP contribution in [0.15, 0.2) is 24.3 Å². The fourth-order valence-electron chi connectivity index (χ4n) is 3.27. The van der Waals surface area contributed by atoms with E-state index < -0.39 is 23.6 Å². The van der Waals surface area contributed by atoms with E-state index in [0.29, 0.717) is 76.6 Å². The standard InChI is InChI=1S/C24H36N2O8/c1-30-12-13-33-15-14-32-11-9-25-24(29)22(27)21-8-4-5-10-31-16-17-34-18-19-6-2-3-7-20(19)23(28)26-21/h2-3,6-7,21H,4-5,8-18H2,1H3,(H,25,29)(H,26,28). The van der Waals surface area contributed by atoms with Gasteiger partial charge in [-0.3, -0.25) is 14.4 Å². The van der Waals surface area contributed by atoms with E-state index in [2.05, 4.69) is 10.6 Å². The smallest absolute Gasteiger partial charge is 0.289 e. The first-order valence-electron chi connectivity index (χ1n) is 11.6. The van der Waals surface area contributed by atoms with Crippen LogP contribution in [-0.2, 0) is 39.9 Å². The molecule has 0 aromatic heterocycles. The third kappa shape index (κ3) is 10.7. The monoisotopic (exact) mass is 480 g/mol. The van der Waals surface area contributed by atoms with Gasteiger partial charge in [-0.15, -0.1) is 0 Å². The van der Waals surface area contributed by atoms with Gasteiger partial charge in [0.25, 0.3) is 11.8 Å². The Balaban J connectivity index is 1.87. The van der Waals surface area contributed by atoms with Crippen LogP contribution in [0.25, 0.3) is 0 Å².